The second-order valence-corrected chi connectivity index (χ2v) is 3.48. The van der Waals surface area contributed by atoms with Gasteiger partial charge in [-0.2, -0.15) is 0 Å². The Morgan fingerprint density at radius 1 is 1.20 bits per heavy atom. The zero-order chi connectivity index (χ0) is 11.9. The summed E-state index contributed by atoms with van der Waals surface area (Å²) in [6.07, 6.45) is 7.13. The second kappa shape index (κ2) is 16.4. The monoisotopic (exact) mass is 217 g/mol. The highest BCUT2D eigenvalue weighted by molar-refractivity contribution is 4.68. The highest BCUT2D eigenvalue weighted by Crippen LogP contribution is 2.21. The molecule has 2 nitrogen and oxygen atoms in total. The Kier molecular flexibility index (Phi) is 18.9. The van der Waals surface area contributed by atoms with Gasteiger partial charge in [-0.3, -0.25) is 0 Å². The molecule has 1 fully saturated rings. The van der Waals surface area contributed by atoms with Gasteiger partial charge in [0, 0.05) is 6.61 Å². The summed E-state index contributed by atoms with van der Waals surface area (Å²) in [6, 6.07) is 0. The third-order valence-electron chi connectivity index (χ3n) is 2.26. The van der Waals surface area contributed by atoms with Crippen LogP contribution in [0.25, 0.3) is 0 Å². The zero-order valence-corrected chi connectivity index (χ0v) is 11.4. The minimum atomic E-state index is 0.636. The quantitative estimate of drug-likeness (QED) is 0.710. The van der Waals surface area contributed by atoms with E-state index in [1.807, 2.05) is 20.9 Å². The molecule has 0 bridgehead atoms. The zero-order valence-electron chi connectivity index (χ0n) is 11.4. The van der Waals surface area contributed by atoms with Gasteiger partial charge >= 0.3 is 0 Å². The predicted octanol–water partition coefficient (Wildman–Crippen LogP) is 3.61. The lowest BCUT2D eigenvalue weighted by Gasteiger charge is -2.25. The van der Waals surface area contributed by atoms with Gasteiger partial charge in [-0.15, -0.1) is 0 Å². The first-order valence-electron chi connectivity index (χ1n) is 6.61. The van der Waals surface area contributed by atoms with Crippen molar-refractivity contribution in [2.75, 3.05) is 20.2 Å². The van der Waals surface area contributed by atoms with Crippen LogP contribution in [0.2, 0.25) is 0 Å². The summed E-state index contributed by atoms with van der Waals surface area (Å²) >= 11 is 0. The topological polar surface area (TPSA) is 21.3 Å². The van der Waals surface area contributed by atoms with E-state index in [1.165, 1.54) is 32.1 Å². The summed E-state index contributed by atoms with van der Waals surface area (Å²) in [4.78, 5) is 0. The number of nitrogens with one attached hydrogen (secondary N) is 1. The highest BCUT2D eigenvalue weighted by Gasteiger charge is 2.16. The van der Waals surface area contributed by atoms with Crippen LogP contribution in [-0.2, 0) is 4.74 Å². The first kappa shape index (κ1) is 17.3. The van der Waals surface area contributed by atoms with E-state index in [1.54, 1.807) is 0 Å². The number of hydrogen-bond acceptors (Lipinski definition) is 2. The molecule has 15 heavy (non-hydrogen) atoms. The first-order chi connectivity index (χ1) is 7.35. The molecule has 0 radical (unpaired) electrons. The molecular formula is C13H31NO. The van der Waals surface area contributed by atoms with Crippen LogP contribution in [0, 0.1) is 0 Å². The maximum absolute atomic E-state index is 5.52. The van der Waals surface area contributed by atoms with E-state index in [-0.39, 0.29) is 0 Å². The van der Waals surface area contributed by atoms with Crippen molar-refractivity contribution >= 4 is 0 Å². The first-order valence-corrected chi connectivity index (χ1v) is 6.61. The Hall–Kier alpha value is -0.0800. The van der Waals surface area contributed by atoms with Crippen LogP contribution in [0.5, 0.6) is 0 Å². The van der Waals surface area contributed by atoms with Gasteiger partial charge < -0.3 is 10.1 Å². The van der Waals surface area contributed by atoms with E-state index < -0.39 is 0 Å². The van der Waals surface area contributed by atoms with Crippen molar-refractivity contribution in [3.8, 4) is 0 Å². The molecule has 1 rings (SSSR count). The number of unbranched alkanes of at least 4 members (excludes halogenated alkanes) is 1. The largest absolute Gasteiger partial charge is 0.378 e. The molecule has 2 heteroatoms. The molecule has 0 aliphatic heterocycles. The van der Waals surface area contributed by atoms with Crippen LogP contribution in [0.1, 0.15) is 59.8 Å². The van der Waals surface area contributed by atoms with Crippen molar-refractivity contribution in [2.24, 2.45) is 0 Å². The molecule has 94 valence electrons. The lowest BCUT2D eigenvalue weighted by atomic mass is 9.96. The van der Waals surface area contributed by atoms with Crippen LogP contribution in [0.15, 0.2) is 0 Å². The Morgan fingerprint density at radius 3 is 2.00 bits per heavy atom. The molecule has 0 aromatic rings. The maximum atomic E-state index is 5.52. The van der Waals surface area contributed by atoms with Gasteiger partial charge in [-0.1, -0.05) is 34.1 Å². The molecule has 1 aliphatic rings. The van der Waals surface area contributed by atoms with Gasteiger partial charge in [0.05, 0.1) is 6.10 Å². The summed E-state index contributed by atoms with van der Waals surface area (Å²) in [5.74, 6) is 0. The molecule has 1 N–H and O–H groups in total. The molecule has 0 aromatic heterocycles. The normalized spacial score (nSPS) is 14.2. The predicted molar refractivity (Wildman–Crippen MR) is 69.4 cm³/mol. The molecule has 0 atom stereocenters. The molecule has 0 unspecified atom stereocenters. The summed E-state index contributed by atoms with van der Waals surface area (Å²) in [7, 11) is 1.93. The molecule has 0 heterocycles. The fourth-order valence-electron chi connectivity index (χ4n) is 0.932. The fraction of sp³-hybridized carbons (Fsp3) is 1.00. The third kappa shape index (κ3) is 13.9. The van der Waals surface area contributed by atoms with Gasteiger partial charge in [-0.25, -0.2) is 0 Å². The van der Waals surface area contributed by atoms with E-state index in [9.17, 15) is 0 Å². The Balaban J connectivity index is 0. The van der Waals surface area contributed by atoms with E-state index in [4.69, 9.17) is 4.74 Å². The van der Waals surface area contributed by atoms with Crippen LogP contribution in [-0.4, -0.2) is 26.3 Å². The Morgan fingerprint density at radius 2 is 1.73 bits per heavy atom. The van der Waals surface area contributed by atoms with Crippen molar-refractivity contribution in [3.05, 3.63) is 0 Å². The summed E-state index contributed by atoms with van der Waals surface area (Å²) < 4.78 is 5.52. The van der Waals surface area contributed by atoms with Crippen molar-refractivity contribution in [1.82, 2.24) is 5.32 Å². The number of rotatable bonds is 5. The number of hydrogen-bond donors (Lipinski definition) is 1. The Bertz CT molecular complexity index is 90.5. The van der Waals surface area contributed by atoms with E-state index in [2.05, 4.69) is 19.2 Å². The molecule has 0 spiro atoms. The molecule has 1 aliphatic carbocycles. The van der Waals surface area contributed by atoms with Crippen molar-refractivity contribution in [3.63, 3.8) is 0 Å². The molecule has 0 saturated heterocycles. The van der Waals surface area contributed by atoms with E-state index >= 15 is 0 Å². The van der Waals surface area contributed by atoms with Crippen LogP contribution >= 0.6 is 0 Å². The summed E-state index contributed by atoms with van der Waals surface area (Å²) in [5.41, 5.74) is 0. The van der Waals surface area contributed by atoms with E-state index in [0.29, 0.717) is 6.10 Å². The fourth-order valence-corrected chi connectivity index (χ4v) is 0.932. The standard InChI is InChI=1S/C8H16O.C3H9N.C2H6/c1-2-3-7-9-8-5-4-6-8;1-3-4-2;1-2/h8H,2-7H2,1H3;4H,3H2,1-2H3;1-2H3. The SMILES string of the molecule is CC.CCCCOC1CCC1.CCNC. The van der Waals surface area contributed by atoms with E-state index in [0.717, 1.165) is 13.2 Å². The maximum Gasteiger partial charge on any atom is 0.0575 e. The summed E-state index contributed by atoms with van der Waals surface area (Å²) in [5, 5.41) is 2.93. The number of ether oxygens (including phenoxy) is 1. The van der Waals surface area contributed by atoms with Crippen LogP contribution in [0.3, 0.4) is 0 Å². The molecule has 1 saturated carbocycles. The van der Waals surface area contributed by atoms with Gasteiger partial charge in [0.1, 0.15) is 0 Å². The lowest BCUT2D eigenvalue weighted by molar-refractivity contribution is 0.00117. The van der Waals surface area contributed by atoms with Crippen molar-refractivity contribution < 1.29 is 4.74 Å². The molecule has 0 amide bonds. The van der Waals surface area contributed by atoms with Gasteiger partial charge in [0.15, 0.2) is 0 Å². The molecular weight excluding hydrogens is 186 g/mol. The van der Waals surface area contributed by atoms with Gasteiger partial charge in [0.2, 0.25) is 0 Å². The smallest absolute Gasteiger partial charge is 0.0575 e. The van der Waals surface area contributed by atoms with Crippen molar-refractivity contribution in [2.45, 2.75) is 65.9 Å². The lowest BCUT2D eigenvalue weighted by Crippen LogP contribution is -2.21. The minimum Gasteiger partial charge on any atom is -0.378 e. The summed E-state index contributed by atoms with van der Waals surface area (Å²) in [6.45, 7) is 10.3. The van der Waals surface area contributed by atoms with Crippen molar-refractivity contribution in [1.29, 1.82) is 0 Å². The van der Waals surface area contributed by atoms with Crippen LogP contribution < -0.4 is 5.32 Å². The minimum absolute atomic E-state index is 0.636. The van der Waals surface area contributed by atoms with Crippen LogP contribution in [0.4, 0.5) is 0 Å². The highest BCUT2D eigenvalue weighted by atomic mass is 16.5. The second-order valence-electron chi connectivity index (χ2n) is 3.48. The van der Waals surface area contributed by atoms with Gasteiger partial charge in [0.25, 0.3) is 0 Å². The molecule has 0 aromatic carbocycles. The average Bonchev–Trinajstić information content (AvgIpc) is 2.25. The average molecular weight is 217 g/mol. The third-order valence-corrected chi connectivity index (χ3v) is 2.26. The Labute approximate surface area is 96.8 Å². The van der Waals surface area contributed by atoms with Gasteiger partial charge in [-0.05, 0) is 39.3 Å².